The second-order valence-electron chi connectivity index (χ2n) is 5.48. The molecule has 7 heteroatoms. The van der Waals surface area contributed by atoms with Crippen LogP contribution in [0.15, 0.2) is 12.4 Å². The molecule has 3 atom stereocenters. The number of ether oxygens (including phenoxy) is 1. The quantitative estimate of drug-likeness (QED) is 0.779. The fourth-order valence-corrected chi connectivity index (χ4v) is 2.88. The molecular formula is C13H17FN4O2. The van der Waals surface area contributed by atoms with E-state index in [1.54, 1.807) is 19.0 Å². The third-order valence-electron chi connectivity index (χ3n) is 3.80. The van der Waals surface area contributed by atoms with Crippen LogP contribution in [0.3, 0.4) is 0 Å². The number of rotatable bonds is 2. The first kappa shape index (κ1) is 13.2. The van der Waals surface area contributed by atoms with Gasteiger partial charge in [0, 0.05) is 27.2 Å². The predicted molar refractivity (Wildman–Crippen MR) is 69.7 cm³/mol. The number of halogens is 1. The van der Waals surface area contributed by atoms with Gasteiger partial charge in [0.25, 0.3) is 0 Å². The molecule has 0 unspecified atom stereocenters. The molecule has 2 fully saturated rings. The molecular weight excluding hydrogens is 263 g/mol. The van der Waals surface area contributed by atoms with Crippen LogP contribution in [0.4, 0.5) is 10.3 Å². The zero-order chi connectivity index (χ0) is 14.3. The van der Waals surface area contributed by atoms with Crippen LogP contribution in [0.5, 0.6) is 0 Å². The zero-order valence-electron chi connectivity index (χ0n) is 11.5. The van der Waals surface area contributed by atoms with Crippen molar-refractivity contribution in [2.75, 3.05) is 32.1 Å². The van der Waals surface area contributed by atoms with Crippen molar-refractivity contribution in [1.29, 1.82) is 0 Å². The van der Waals surface area contributed by atoms with Gasteiger partial charge < -0.3 is 14.5 Å². The number of anilines is 1. The number of morpholine rings is 1. The van der Waals surface area contributed by atoms with Gasteiger partial charge in [0.2, 0.25) is 11.9 Å². The molecule has 20 heavy (non-hydrogen) atoms. The highest BCUT2D eigenvalue weighted by Crippen LogP contribution is 2.33. The molecule has 0 saturated carbocycles. The lowest BCUT2D eigenvalue weighted by molar-refractivity contribution is -0.134. The molecule has 0 N–H and O–H groups in total. The van der Waals surface area contributed by atoms with E-state index in [0.29, 0.717) is 19.0 Å². The first-order chi connectivity index (χ1) is 9.54. The van der Waals surface area contributed by atoms with E-state index in [1.165, 1.54) is 0 Å². The topological polar surface area (TPSA) is 58.6 Å². The zero-order valence-corrected chi connectivity index (χ0v) is 11.5. The highest BCUT2D eigenvalue weighted by molar-refractivity contribution is 5.79. The summed E-state index contributed by atoms with van der Waals surface area (Å²) in [4.78, 5) is 23.7. The summed E-state index contributed by atoms with van der Waals surface area (Å²) < 4.78 is 18.7. The minimum absolute atomic E-state index is 0.0105. The number of carbonyl (C=O) groups is 1. The Bertz CT molecular complexity index is 508. The molecule has 1 amide bonds. The number of carbonyl (C=O) groups excluding carboxylic acids is 1. The van der Waals surface area contributed by atoms with Gasteiger partial charge >= 0.3 is 0 Å². The molecule has 3 rings (SSSR count). The van der Waals surface area contributed by atoms with Crippen molar-refractivity contribution in [3.8, 4) is 0 Å². The smallest absolute Gasteiger partial charge is 0.227 e. The molecule has 2 aliphatic heterocycles. The number of fused-ring (bicyclic) bond motifs is 2. The third-order valence-corrected chi connectivity index (χ3v) is 3.80. The van der Waals surface area contributed by atoms with E-state index >= 15 is 0 Å². The molecule has 1 aromatic heterocycles. The third kappa shape index (κ3) is 2.33. The van der Waals surface area contributed by atoms with E-state index in [-0.39, 0.29) is 24.0 Å². The van der Waals surface area contributed by atoms with E-state index in [2.05, 4.69) is 9.97 Å². The van der Waals surface area contributed by atoms with E-state index in [9.17, 15) is 9.18 Å². The van der Waals surface area contributed by atoms with E-state index in [4.69, 9.17) is 4.74 Å². The van der Waals surface area contributed by atoms with Crippen LogP contribution in [-0.4, -0.2) is 60.2 Å². The maximum absolute atomic E-state index is 12.9. The maximum atomic E-state index is 12.9. The van der Waals surface area contributed by atoms with E-state index < -0.39 is 5.82 Å². The van der Waals surface area contributed by atoms with Crippen LogP contribution in [0.1, 0.15) is 6.42 Å². The van der Waals surface area contributed by atoms with Gasteiger partial charge in [-0.1, -0.05) is 0 Å². The van der Waals surface area contributed by atoms with Crippen molar-refractivity contribution in [2.45, 2.75) is 18.6 Å². The molecule has 3 heterocycles. The van der Waals surface area contributed by atoms with Crippen molar-refractivity contribution in [3.63, 3.8) is 0 Å². The Labute approximate surface area is 116 Å². The minimum Gasteiger partial charge on any atom is -0.370 e. The summed E-state index contributed by atoms with van der Waals surface area (Å²) in [5, 5.41) is 0. The van der Waals surface area contributed by atoms with Gasteiger partial charge in [-0.25, -0.2) is 14.4 Å². The summed E-state index contributed by atoms with van der Waals surface area (Å²) >= 11 is 0. The molecule has 0 aliphatic carbocycles. The lowest BCUT2D eigenvalue weighted by Gasteiger charge is -2.32. The van der Waals surface area contributed by atoms with Crippen LogP contribution in [-0.2, 0) is 9.53 Å². The summed E-state index contributed by atoms with van der Waals surface area (Å²) in [6, 6.07) is 0. The molecule has 0 aromatic carbocycles. The molecule has 2 aliphatic rings. The summed E-state index contributed by atoms with van der Waals surface area (Å²) in [5.74, 6) is 0.0214. The number of aromatic nitrogens is 2. The Hall–Kier alpha value is -1.76. The summed E-state index contributed by atoms with van der Waals surface area (Å²) in [7, 11) is 3.51. The summed E-state index contributed by atoms with van der Waals surface area (Å²) in [6.07, 6.45) is 2.90. The molecule has 2 bridgehead atoms. The van der Waals surface area contributed by atoms with Crippen molar-refractivity contribution in [2.24, 2.45) is 5.92 Å². The van der Waals surface area contributed by atoms with Crippen LogP contribution in [0.25, 0.3) is 0 Å². The number of amides is 1. The number of hydrogen-bond acceptors (Lipinski definition) is 5. The monoisotopic (exact) mass is 280 g/mol. The lowest BCUT2D eigenvalue weighted by atomic mass is 9.99. The molecule has 0 radical (unpaired) electrons. The van der Waals surface area contributed by atoms with Gasteiger partial charge in [0.05, 0.1) is 30.5 Å². The number of hydrogen-bond donors (Lipinski definition) is 0. The standard InChI is InChI=1S/C13H17FN4O2/c1-17(2)12(19)10-3-9-6-18(7-11(10)20-9)13-15-4-8(14)5-16-13/h4-5,9-11H,3,6-7H2,1-2H3/t9-,10-,11+/m0/s1. The second kappa shape index (κ2) is 4.97. The highest BCUT2D eigenvalue weighted by atomic mass is 19.1. The van der Waals surface area contributed by atoms with Crippen molar-refractivity contribution in [1.82, 2.24) is 14.9 Å². The summed E-state index contributed by atoms with van der Waals surface area (Å²) in [5.41, 5.74) is 0. The average Bonchev–Trinajstić information content (AvgIpc) is 2.73. The predicted octanol–water partition coefficient (Wildman–Crippen LogP) is 0.298. The van der Waals surface area contributed by atoms with Crippen molar-refractivity contribution in [3.05, 3.63) is 18.2 Å². The van der Waals surface area contributed by atoms with Crippen LogP contribution >= 0.6 is 0 Å². The SMILES string of the molecule is CN(C)C(=O)[C@H]1C[C@H]2CN(c3ncc(F)cn3)C[C@H]1O2. The normalized spacial score (nSPS) is 28.6. The summed E-state index contributed by atoms with van der Waals surface area (Å²) in [6.45, 7) is 1.20. The Kier molecular flexibility index (Phi) is 3.29. The van der Waals surface area contributed by atoms with Gasteiger partial charge in [-0.15, -0.1) is 0 Å². The molecule has 6 nitrogen and oxygen atoms in total. The van der Waals surface area contributed by atoms with Crippen LogP contribution in [0, 0.1) is 11.7 Å². The first-order valence-electron chi connectivity index (χ1n) is 6.63. The first-order valence-corrected chi connectivity index (χ1v) is 6.63. The Morgan fingerprint density at radius 2 is 2.10 bits per heavy atom. The van der Waals surface area contributed by atoms with Gasteiger partial charge in [0.1, 0.15) is 0 Å². The van der Waals surface area contributed by atoms with Crippen molar-refractivity contribution < 1.29 is 13.9 Å². The molecule has 1 aromatic rings. The lowest BCUT2D eigenvalue weighted by Crippen LogP contribution is -2.46. The molecule has 0 spiro atoms. The average molecular weight is 280 g/mol. The Balaban J connectivity index is 1.75. The van der Waals surface area contributed by atoms with E-state index in [1.807, 2.05) is 4.90 Å². The van der Waals surface area contributed by atoms with Gasteiger partial charge in [-0.05, 0) is 6.42 Å². The molecule has 108 valence electrons. The fourth-order valence-electron chi connectivity index (χ4n) is 2.88. The molecule has 2 saturated heterocycles. The largest absolute Gasteiger partial charge is 0.370 e. The Morgan fingerprint density at radius 3 is 2.75 bits per heavy atom. The van der Waals surface area contributed by atoms with Crippen molar-refractivity contribution >= 4 is 11.9 Å². The minimum atomic E-state index is -0.453. The highest BCUT2D eigenvalue weighted by Gasteiger charge is 2.45. The second-order valence-corrected chi connectivity index (χ2v) is 5.48. The maximum Gasteiger partial charge on any atom is 0.227 e. The number of nitrogens with zero attached hydrogens (tertiary/aromatic N) is 4. The van der Waals surface area contributed by atoms with Crippen LogP contribution in [0.2, 0.25) is 0 Å². The van der Waals surface area contributed by atoms with Gasteiger partial charge in [-0.3, -0.25) is 4.79 Å². The van der Waals surface area contributed by atoms with Gasteiger partial charge in [0.15, 0.2) is 5.82 Å². The van der Waals surface area contributed by atoms with Crippen LogP contribution < -0.4 is 4.90 Å². The Morgan fingerprint density at radius 1 is 1.40 bits per heavy atom. The van der Waals surface area contributed by atoms with Gasteiger partial charge in [-0.2, -0.15) is 0 Å². The van der Waals surface area contributed by atoms with E-state index in [0.717, 1.165) is 18.8 Å². The fraction of sp³-hybridized carbons (Fsp3) is 0.615.